The molecular formula is C31H36N6O5. The Morgan fingerprint density at radius 2 is 1.48 bits per heavy atom. The molecule has 0 aliphatic carbocycles. The van der Waals surface area contributed by atoms with E-state index in [1.54, 1.807) is 23.9 Å². The lowest BCUT2D eigenvalue weighted by Gasteiger charge is -2.14. The number of fused-ring (bicyclic) bond motifs is 2. The largest absolute Gasteiger partial charge is 0.350 e. The molecule has 1 N–H and O–H groups in total. The van der Waals surface area contributed by atoms with Crippen molar-refractivity contribution < 1.29 is 19.3 Å². The number of imide groups is 3. The number of benzene rings is 2. The van der Waals surface area contributed by atoms with Crippen LogP contribution < -0.4 is 5.32 Å². The summed E-state index contributed by atoms with van der Waals surface area (Å²) < 4.78 is 3.62. The highest BCUT2D eigenvalue weighted by atomic mass is 16.6. The number of aryl methyl sites for hydroxylation is 2. The Morgan fingerprint density at radius 1 is 0.881 bits per heavy atom. The van der Waals surface area contributed by atoms with E-state index in [-0.39, 0.29) is 5.69 Å². The number of rotatable bonds is 10. The molecule has 1 aliphatic heterocycles. The van der Waals surface area contributed by atoms with E-state index in [1.165, 1.54) is 12.1 Å². The molecule has 3 heterocycles. The van der Waals surface area contributed by atoms with Crippen LogP contribution in [0.25, 0.3) is 21.8 Å². The van der Waals surface area contributed by atoms with E-state index in [4.69, 9.17) is 0 Å². The van der Waals surface area contributed by atoms with Crippen LogP contribution in [-0.2, 0) is 23.7 Å². The number of hydrogen-bond acceptors (Lipinski definition) is 6. The number of carbonyl (C=O) groups excluding carboxylic acids is 3. The first-order valence-corrected chi connectivity index (χ1v) is 14.2. The Kier molecular flexibility index (Phi) is 8.13. The average Bonchev–Trinajstić information content (AvgIpc) is 3.55. The molecule has 11 heteroatoms. The number of aromatic nitrogens is 2. The summed E-state index contributed by atoms with van der Waals surface area (Å²) in [6.07, 6.45) is 7.34. The number of nitro groups is 1. The average molecular weight is 573 g/mol. The second-order valence-corrected chi connectivity index (χ2v) is 11.3. The monoisotopic (exact) mass is 572 g/mol. The second kappa shape index (κ2) is 11.8. The standard InChI is InChI=1S/C31H36N6O5/c1-33(2)16-10-6-5-9-15-32-31(40)36-29(38)27(23-18-34(3)25-12-8-7-11-21(23)25)28(30(36)39)24-19-35(4)26-17-20(37(41)42)13-14-22(24)26/h7-8,11-14,17-19,27-28H,5-6,9-10,15-16H2,1-4H3,(H,32,40). The van der Waals surface area contributed by atoms with Crippen molar-refractivity contribution in [2.24, 2.45) is 14.1 Å². The molecule has 42 heavy (non-hydrogen) atoms. The van der Waals surface area contributed by atoms with Gasteiger partial charge in [0, 0.05) is 61.5 Å². The summed E-state index contributed by atoms with van der Waals surface area (Å²) in [6.45, 7) is 1.36. The van der Waals surface area contributed by atoms with E-state index < -0.39 is 34.6 Å². The zero-order valence-corrected chi connectivity index (χ0v) is 24.4. The van der Waals surface area contributed by atoms with Crippen LogP contribution in [0.5, 0.6) is 0 Å². The minimum absolute atomic E-state index is 0.0719. The van der Waals surface area contributed by atoms with Gasteiger partial charge in [0.05, 0.1) is 22.3 Å². The van der Waals surface area contributed by atoms with E-state index >= 15 is 0 Å². The van der Waals surface area contributed by atoms with Gasteiger partial charge in [0.25, 0.3) is 5.69 Å². The quantitative estimate of drug-likeness (QED) is 0.128. The van der Waals surface area contributed by atoms with Crippen LogP contribution in [0.1, 0.15) is 48.6 Å². The molecule has 1 fully saturated rings. The Morgan fingerprint density at radius 3 is 2.12 bits per heavy atom. The maximum Gasteiger partial charge on any atom is 0.331 e. The van der Waals surface area contributed by atoms with Crippen LogP contribution in [0.3, 0.4) is 0 Å². The number of likely N-dealkylation sites (tertiary alicyclic amines) is 1. The van der Waals surface area contributed by atoms with E-state index in [0.29, 0.717) is 28.6 Å². The zero-order valence-electron chi connectivity index (χ0n) is 24.4. The van der Waals surface area contributed by atoms with Gasteiger partial charge in [-0.05, 0) is 56.7 Å². The van der Waals surface area contributed by atoms with Crippen LogP contribution in [0.15, 0.2) is 54.9 Å². The SMILES string of the molecule is CN(C)CCCCCCNC(=O)N1C(=O)C(c2cn(C)c3ccccc23)C(c2cn(C)c3cc([N+](=O)[O-])ccc23)C1=O. The predicted molar refractivity (Wildman–Crippen MR) is 160 cm³/mol. The molecule has 0 spiro atoms. The van der Waals surface area contributed by atoms with Crippen LogP contribution in [0.2, 0.25) is 0 Å². The fraction of sp³-hybridized carbons (Fsp3) is 0.387. The highest BCUT2D eigenvalue weighted by Gasteiger charge is 2.53. The summed E-state index contributed by atoms with van der Waals surface area (Å²) in [5, 5.41) is 15.7. The molecule has 0 bridgehead atoms. The summed E-state index contributed by atoms with van der Waals surface area (Å²) in [6, 6.07) is 11.4. The molecular weight excluding hydrogens is 536 g/mol. The van der Waals surface area contributed by atoms with Gasteiger partial charge in [-0.3, -0.25) is 19.7 Å². The molecule has 2 atom stereocenters. The molecule has 220 valence electrons. The maximum atomic E-state index is 14.1. The number of amides is 4. The number of nitrogens with zero attached hydrogens (tertiary/aromatic N) is 5. The Bertz CT molecular complexity index is 1690. The van der Waals surface area contributed by atoms with E-state index in [0.717, 1.165) is 48.0 Å². The fourth-order valence-corrected chi connectivity index (χ4v) is 6.06. The molecule has 2 aromatic carbocycles. The van der Waals surface area contributed by atoms with Crippen molar-refractivity contribution in [2.45, 2.75) is 37.5 Å². The van der Waals surface area contributed by atoms with Gasteiger partial charge in [0.15, 0.2) is 0 Å². The van der Waals surface area contributed by atoms with Crippen LogP contribution >= 0.6 is 0 Å². The summed E-state index contributed by atoms with van der Waals surface area (Å²) >= 11 is 0. The Balaban J connectivity index is 1.49. The van der Waals surface area contributed by atoms with Crippen molar-refractivity contribution in [3.8, 4) is 0 Å². The number of para-hydroxylation sites is 1. The molecule has 2 unspecified atom stereocenters. The topological polar surface area (TPSA) is 123 Å². The lowest BCUT2D eigenvalue weighted by atomic mass is 9.83. The van der Waals surface area contributed by atoms with Gasteiger partial charge in [0.2, 0.25) is 11.8 Å². The van der Waals surface area contributed by atoms with Crippen molar-refractivity contribution in [3.63, 3.8) is 0 Å². The molecule has 5 rings (SSSR count). The molecule has 4 aromatic rings. The van der Waals surface area contributed by atoms with Crippen molar-refractivity contribution in [3.05, 3.63) is 76.1 Å². The number of non-ortho nitro benzene ring substituents is 1. The fourth-order valence-electron chi connectivity index (χ4n) is 6.06. The second-order valence-electron chi connectivity index (χ2n) is 11.3. The lowest BCUT2D eigenvalue weighted by molar-refractivity contribution is -0.384. The predicted octanol–water partition coefficient (Wildman–Crippen LogP) is 4.65. The Hall–Kier alpha value is -4.51. The molecule has 1 aliphatic rings. The number of nitro benzene ring substituents is 1. The summed E-state index contributed by atoms with van der Waals surface area (Å²) in [4.78, 5) is 55.3. The first-order chi connectivity index (χ1) is 20.1. The highest BCUT2D eigenvalue weighted by Crippen LogP contribution is 2.46. The third-order valence-corrected chi connectivity index (χ3v) is 8.13. The van der Waals surface area contributed by atoms with Crippen LogP contribution in [-0.4, -0.2) is 68.9 Å². The lowest BCUT2D eigenvalue weighted by Crippen LogP contribution is -2.44. The van der Waals surface area contributed by atoms with Crippen molar-refractivity contribution in [1.82, 2.24) is 24.3 Å². The van der Waals surface area contributed by atoms with Gasteiger partial charge in [0.1, 0.15) is 0 Å². The summed E-state index contributed by atoms with van der Waals surface area (Å²) in [5.41, 5.74) is 2.60. The normalized spacial score (nSPS) is 17.2. The number of urea groups is 1. The van der Waals surface area contributed by atoms with Gasteiger partial charge in [-0.25, -0.2) is 4.79 Å². The molecule has 1 saturated heterocycles. The molecule has 0 radical (unpaired) electrons. The van der Waals surface area contributed by atoms with Gasteiger partial charge < -0.3 is 19.4 Å². The Labute approximate surface area is 243 Å². The molecule has 4 amide bonds. The first-order valence-electron chi connectivity index (χ1n) is 14.2. The number of hydrogen-bond donors (Lipinski definition) is 1. The van der Waals surface area contributed by atoms with Gasteiger partial charge in [-0.1, -0.05) is 31.0 Å². The van der Waals surface area contributed by atoms with E-state index in [2.05, 4.69) is 10.2 Å². The van der Waals surface area contributed by atoms with Crippen molar-refractivity contribution in [2.75, 3.05) is 27.2 Å². The number of carbonyl (C=O) groups is 3. The van der Waals surface area contributed by atoms with Crippen LogP contribution in [0.4, 0.5) is 10.5 Å². The van der Waals surface area contributed by atoms with E-state index in [1.807, 2.05) is 56.2 Å². The first kappa shape index (κ1) is 29.0. The smallest absolute Gasteiger partial charge is 0.331 e. The van der Waals surface area contributed by atoms with Crippen LogP contribution in [0, 0.1) is 10.1 Å². The maximum absolute atomic E-state index is 14.1. The number of unbranched alkanes of at least 4 members (excludes halogenated alkanes) is 3. The van der Waals surface area contributed by atoms with Crippen molar-refractivity contribution >= 4 is 45.3 Å². The molecule has 2 aromatic heterocycles. The van der Waals surface area contributed by atoms with Gasteiger partial charge in [-0.2, -0.15) is 4.90 Å². The third-order valence-electron chi connectivity index (χ3n) is 8.13. The number of nitrogens with one attached hydrogen (secondary N) is 1. The van der Waals surface area contributed by atoms with Gasteiger partial charge >= 0.3 is 6.03 Å². The van der Waals surface area contributed by atoms with Crippen molar-refractivity contribution in [1.29, 1.82) is 0 Å². The molecule has 0 saturated carbocycles. The van der Waals surface area contributed by atoms with E-state index in [9.17, 15) is 24.5 Å². The molecule has 11 nitrogen and oxygen atoms in total. The third kappa shape index (κ3) is 5.27. The minimum Gasteiger partial charge on any atom is -0.350 e. The van der Waals surface area contributed by atoms with Gasteiger partial charge in [-0.15, -0.1) is 0 Å². The highest BCUT2D eigenvalue weighted by molar-refractivity contribution is 6.21. The summed E-state index contributed by atoms with van der Waals surface area (Å²) in [5.74, 6) is -3.11. The minimum atomic E-state index is -0.981. The zero-order chi connectivity index (χ0) is 30.1. The summed E-state index contributed by atoms with van der Waals surface area (Å²) in [7, 11) is 7.69.